The number of hydrogen-bond acceptors (Lipinski definition) is 3. The van der Waals surface area contributed by atoms with E-state index < -0.39 is 7.28 Å². The fourth-order valence-corrected chi connectivity index (χ4v) is 4.11. The minimum atomic E-state index is -5.06. The fourth-order valence-electron chi connectivity index (χ4n) is 2.42. The Morgan fingerprint density at radius 1 is 0.591 bits per heavy atom. The molecule has 0 fully saturated rings. The van der Waals surface area contributed by atoms with Crippen molar-refractivity contribution in [1.82, 2.24) is 0 Å². The van der Waals surface area contributed by atoms with Gasteiger partial charge in [-0.15, -0.1) is 0 Å². The molecule has 0 spiro atoms. The van der Waals surface area contributed by atoms with Crippen LogP contribution in [0.15, 0.2) is 48.5 Å². The molecule has 0 aliphatic carbocycles. The van der Waals surface area contributed by atoms with Crippen molar-refractivity contribution in [3.8, 4) is 0 Å². The van der Waals surface area contributed by atoms with Crippen LogP contribution < -0.4 is 10.6 Å². The van der Waals surface area contributed by atoms with E-state index in [2.05, 4.69) is 27.7 Å². The third kappa shape index (κ3) is 3.23. The van der Waals surface area contributed by atoms with Gasteiger partial charge in [-0.25, -0.2) is 0 Å². The zero-order chi connectivity index (χ0) is 16.6. The third-order valence-electron chi connectivity index (χ3n) is 4.07. The molecule has 3 N–H and O–H groups in total. The van der Waals surface area contributed by atoms with Gasteiger partial charge in [-0.1, -0.05) is 0 Å². The quantitative estimate of drug-likeness (QED) is 0.758. The second kappa shape index (κ2) is 5.75. The summed E-state index contributed by atoms with van der Waals surface area (Å²) in [5.41, 5.74) is 2.18. The van der Waals surface area contributed by atoms with E-state index in [1.165, 1.54) is 0 Å². The van der Waals surface area contributed by atoms with Crippen LogP contribution >= 0.6 is 7.28 Å². The number of rotatable bonds is 4. The Bertz CT molecular complexity index is 579. The Kier molecular flexibility index (Phi) is 4.47. The van der Waals surface area contributed by atoms with Crippen LogP contribution in [0.2, 0.25) is 0 Å². The first-order valence-electron chi connectivity index (χ1n) is 7.58. The average molecular weight is 320 g/mol. The maximum atomic E-state index is 10.6. The molecule has 22 heavy (non-hydrogen) atoms. The van der Waals surface area contributed by atoms with Gasteiger partial charge in [0.05, 0.1) is 0 Å². The molecule has 0 radical (unpaired) electrons. The molecule has 0 saturated carbocycles. The Morgan fingerprint density at radius 3 is 1.09 bits per heavy atom. The van der Waals surface area contributed by atoms with Gasteiger partial charge in [-0.05, 0) is 0 Å². The summed E-state index contributed by atoms with van der Waals surface area (Å²) in [6.45, 7) is 8.26. The molecule has 0 aromatic heterocycles. The zero-order valence-corrected chi connectivity index (χ0v) is 14.5. The van der Waals surface area contributed by atoms with Gasteiger partial charge >= 0.3 is 132 Å². The molecule has 0 aliphatic rings. The topological polar surface area (TPSA) is 60.7 Å². The van der Waals surface area contributed by atoms with Crippen molar-refractivity contribution >= 4 is 17.9 Å². The molecule has 0 amide bonds. The molecule has 0 bridgehead atoms. The average Bonchev–Trinajstić information content (AvgIpc) is 2.47. The van der Waals surface area contributed by atoms with E-state index in [0.29, 0.717) is 11.8 Å². The van der Waals surface area contributed by atoms with Gasteiger partial charge in [0.1, 0.15) is 0 Å². The summed E-state index contributed by atoms with van der Waals surface area (Å²) < 4.78 is 0. The van der Waals surface area contributed by atoms with Gasteiger partial charge in [0, 0.05) is 0 Å². The van der Waals surface area contributed by atoms with Gasteiger partial charge in [0.25, 0.3) is 0 Å². The van der Waals surface area contributed by atoms with Gasteiger partial charge in [-0.3, -0.25) is 0 Å². The van der Waals surface area contributed by atoms with Crippen molar-refractivity contribution in [1.29, 1.82) is 0 Å². The van der Waals surface area contributed by atoms with Crippen LogP contribution in [0.25, 0.3) is 0 Å². The minimum absolute atomic E-state index is 0.160. The predicted molar refractivity (Wildman–Crippen MR) is 93.9 cm³/mol. The van der Waals surface area contributed by atoms with E-state index in [1.807, 2.05) is 24.3 Å². The van der Waals surface area contributed by atoms with E-state index in [9.17, 15) is 14.7 Å². The fraction of sp³-hybridized carbons (Fsp3) is 0.333. The van der Waals surface area contributed by atoms with Crippen LogP contribution in [0.1, 0.15) is 50.7 Å². The maximum absolute atomic E-state index is 10.6. The molecule has 4 heteroatoms. The van der Waals surface area contributed by atoms with Gasteiger partial charge in [0.2, 0.25) is 0 Å². The van der Waals surface area contributed by atoms with Crippen molar-refractivity contribution < 1.29 is 14.7 Å². The monoisotopic (exact) mass is 320 g/mol. The molecular weight excluding hydrogens is 295 g/mol. The summed E-state index contributed by atoms with van der Waals surface area (Å²) in [4.78, 5) is 31.9. The molecule has 2 rings (SSSR count). The van der Waals surface area contributed by atoms with Gasteiger partial charge in [-0.2, -0.15) is 0 Å². The summed E-state index contributed by atoms with van der Waals surface area (Å²) in [5, 5.41) is 0.320. The van der Waals surface area contributed by atoms with Gasteiger partial charge in [0.15, 0.2) is 0 Å². The molecule has 3 nitrogen and oxygen atoms in total. The SMILES string of the molecule is CC(C)c1ccc(P(O)(O)(O)c2ccc(C(C)C)cc2)cc1. The van der Waals surface area contributed by atoms with Crippen molar-refractivity contribution in [3.05, 3.63) is 59.7 Å². The van der Waals surface area contributed by atoms with Crippen LogP contribution in [0.3, 0.4) is 0 Å². The van der Waals surface area contributed by atoms with E-state index >= 15 is 0 Å². The van der Waals surface area contributed by atoms with Crippen LogP contribution in [0.5, 0.6) is 0 Å². The van der Waals surface area contributed by atoms with Gasteiger partial charge < -0.3 is 0 Å². The number of hydrogen-bond donors (Lipinski definition) is 3. The zero-order valence-electron chi connectivity index (χ0n) is 13.6. The van der Waals surface area contributed by atoms with Crippen molar-refractivity contribution in [2.45, 2.75) is 39.5 Å². The Labute approximate surface area is 132 Å². The molecule has 0 heterocycles. The van der Waals surface area contributed by atoms with Crippen LogP contribution in [0, 0.1) is 0 Å². The number of benzene rings is 2. The second-order valence-corrected chi connectivity index (χ2v) is 9.47. The summed E-state index contributed by atoms with van der Waals surface area (Å²) in [5.74, 6) is 0.697. The van der Waals surface area contributed by atoms with Crippen molar-refractivity contribution in [2.24, 2.45) is 0 Å². The van der Waals surface area contributed by atoms with Crippen molar-refractivity contribution in [2.75, 3.05) is 0 Å². The summed E-state index contributed by atoms with van der Waals surface area (Å²) >= 11 is 0. The molecule has 0 unspecified atom stereocenters. The molecule has 2 aromatic carbocycles. The van der Waals surface area contributed by atoms with Crippen molar-refractivity contribution in [3.63, 3.8) is 0 Å². The summed E-state index contributed by atoms with van der Waals surface area (Å²) in [6, 6.07) is 13.7. The predicted octanol–water partition coefficient (Wildman–Crippen LogP) is 3.16. The molecule has 0 aliphatic heterocycles. The normalized spacial score (nSPS) is 14.1. The Balaban J connectivity index is 2.44. The van der Waals surface area contributed by atoms with E-state index in [0.717, 1.165) is 11.1 Å². The summed E-state index contributed by atoms with van der Waals surface area (Å²) in [7, 11) is -5.06. The first-order chi connectivity index (χ1) is 10.1. The van der Waals surface area contributed by atoms with Crippen LogP contribution in [-0.2, 0) is 0 Å². The second-order valence-electron chi connectivity index (χ2n) is 6.47. The molecule has 0 atom stereocenters. The Hall–Kier alpha value is -1.25. The van der Waals surface area contributed by atoms with E-state index in [1.54, 1.807) is 24.3 Å². The molecule has 120 valence electrons. The van der Waals surface area contributed by atoms with E-state index in [4.69, 9.17) is 0 Å². The van der Waals surface area contributed by atoms with Crippen LogP contribution in [-0.4, -0.2) is 14.7 Å². The molecule has 0 saturated heterocycles. The molecule has 2 aromatic rings. The summed E-state index contributed by atoms with van der Waals surface area (Å²) in [6.07, 6.45) is 0. The molecular formula is C18H25O3P. The van der Waals surface area contributed by atoms with Crippen LogP contribution in [0.4, 0.5) is 0 Å². The third-order valence-corrected chi connectivity index (χ3v) is 6.57. The Morgan fingerprint density at radius 2 is 0.864 bits per heavy atom. The standard InChI is InChI=1S/C18H25O3P/c1-13(2)15-5-9-17(10-6-15)22(19,20,21)18-11-7-16(8-12-18)14(3)4/h5-14,19-21H,1-4H3. The first kappa shape index (κ1) is 17.1. The van der Waals surface area contributed by atoms with E-state index in [-0.39, 0.29) is 10.6 Å². The first-order valence-corrected chi connectivity index (χ1v) is 9.67.